The highest BCUT2D eigenvalue weighted by Gasteiger charge is 2.34. The summed E-state index contributed by atoms with van der Waals surface area (Å²) < 4.78 is 3.88. The van der Waals surface area contributed by atoms with Crippen LogP contribution in [0.2, 0.25) is 0 Å². The van der Waals surface area contributed by atoms with Gasteiger partial charge in [0.2, 0.25) is 5.95 Å². The van der Waals surface area contributed by atoms with Gasteiger partial charge in [0.1, 0.15) is 18.2 Å². The number of thiophene rings is 1. The third-order valence-corrected chi connectivity index (χ3v) is 5.17. The van der Waals surface area contributed by atoms with E-state index in [1.54, 1.807) is 17.7 Å². The SMILES string of the molecule is Cc1nn(-c2ccccc2)c2c1C(c1cccs1)n1ncnc1N2. The maximum Gasteiger partial charge on any atom is 0.227 e. The van der Waals surface area contributed by atoms with Crippen molar-refractivity contribution in [2.24, 2.45) is 0 Å². The fourth-order valence-electron chi connectivity index (χ4n) is 3.21. The van der Waals surface area contributed by atoms with E-state index in [1.807, 2.05) is 46.6 Å². The average molecular weight is 334 g/mol. The lowest BCUT2D eigenvalue weighted by atomic mass is 10.0. The summed E-state index contributed by atoms with van der Waals surface area (Å²) in [6.07, 6.45) is 1.59. The summed E-state index contributed by atoms with van der Waals surface area (Å²) >= 11 is 1.72. The molecule has 4 aromatic rings. The van der Waals surface area contributed by atoms with Crippen molar-refractivity contribution >= 4 is 23.1 Å². The predicted molar refractivity (Wildman–Crippen MR) is 93.2 cm³/mol. The Hall–Kier alpha value is -2.93. The van der Waals surface area contributed by atoms with Crippen LogP contribution in [0, 0.1) is 6.92 Å². The van der Waals surface area contributed by atoms with Gasteiger partial charge in [-0.2, -0.15) is 15.2 Å². The molecule has 6 nitrogen and oxygen atoms in total. The molecule has 7 heteroatoms. The summed E-state index contributed by atoms with van der Waals surface area (Å²) in [5.41, 5.74) is 3.15. The van der Waals surface area contributed by atoms with Gasteiger partial charge < -0.3 is 5.32 Å². The van der Waals surface area contributed by atoms with Crippen molar-refractivity contribution in [2.75, 3.05) is 5.32 Å². The number of rotatable bonds is 2. The molecular formula is C17H14N6S. The Morgan fingerprint density at radius 2 is 2.00 bits per heavy atom. The average Bonchev–Trinajstić information content (AvgIpc) is 3.34. The van der Waals surface area contributed by atoms with Crippen molar-refractivity contribution in [3.63, 3.8) is 0 Å². The lowest BCUT2D eigenvalue weighted by molar-refractivity contribution is 0.598. The van der Waals surface area contributed by atoms with Gasteiger partial charge in [0.15, 0.2) is 0 Å². The molecule has 1 unspecified atom stereocenters. The monoisotopic (exact) mass is 334 g/mol. The van der Waals surface area contributed by atoms with Crippen LogP contribution in [0.15, 0.2) is 54.2 Å². The highest BCUT2D eigenvalue weighted by atomic mass is 32.1. The van der Waals surface area contributed by atoms with Crippen molar-refractivity contribution < 1.29 is 0 Å². The molecule has 5 rings (SSSR count). The summed E-state index contributed by atoms with van der Waals surface area (Å²) in [4.78, 5) is 5.59. The minimum atomic E-state index is -0.00351. The smallest absolute Gasteiger partial charge is 0.227 e. The number of nitrogens with one attached hydrogen (secondary N) is 1. The number of anilines is 2. The Morgan fingerprint density at radius 1 is 1.12 bits per heavy atom. The van der Waals surface area contributed by atoms with Crippen LogP contribution in [0.1, 0.15) is 22.2 Å². The van der Waals surface area contributed by atoms with Crippen LogP contribution in [0.25, 0.3) is 5.69 Å². The molecule has 3 aromatic heterocycles. The van der Waals surface area contributed by atoms with Crippen LogP contribution < -0.4 is 5.32 Å². The first kappa shape index (κ1) is 13.5. The third-order valence-electron chi connectivity index (χ3n) is 4.24. The van der Waals surface area contributed by atoms with Gasteiger partial charge in [-0.25, -0.2) is 9.36 Å². The number of nitrogens with zero attached hydrogens (tertiary/aromatic N) is 5. The maximum absolute atomic E-state index is 4.78. The van der Waals surface area contributed by atoms with E-state index in [4.69, 9.17) is 5.10 Å². The fraction of sp³-hybridized carbons (Fsp3) is 0.118. The number of hydrogen-bond donors (Lipinski definition) is 1. The van der Waals surface area contributed by atoms with Crippen LogP contribution in [0.3, 0.4) is 0 Å². The molecule has 0 saturated heterocycles. The van der Waals surface area contributed by atoms with Crippen LogP contribution in [-0.2, 0) is 0 Å². The van der Waals surface area contributed by atoms with E-state index in [-0.39, 0.29) is 6.04 Å². The van der Waals surface area contributed by atoms with Gasteiger partial charge in [0.25, 0.3) is 0 Å². The second kappa shape index (κ2) is 5.04. The first-order valence-corrected chi connectivity index (χ1v) is 8.56. The number of aryl methyl sites for hydroxylation is 1. The van der Waals surface area contributed by atoms with Gasteiger partial charge >= 0.3 is 0 Å². The van der Waals surface area contributed by atoms with Crippen LogP contribution >= 0.6 is 11.3 Å². The zero-order valence-electron chi connectivity index (χ0n) is 12.9. The van der Waals surface area contributed by atoms with E-state index < -0.39 is 0 Å². The molecule has 1 aromatic carbocycles. The number of hydrogen-bond acceptors (Lipinski definition) is 5. The molecule has 0 bridgehead atoms. The Morgan fingerprint density at radius 3 is 2.79 bits per heavy atom. The molecule has 0 spiro atoms. The zero-order chi connectivity index (χ0) is 16.1. The molecule has 0 amide bonds. The first-order valence-electron chi connectivity index (χ1n) is 7.68. The van der Waals surface area contributed by atoms with E-state index in [0.29, 0.717) is 0 Å². The van der Waals surface area contributed by atoms with E-state index in [0.717, 1.165) is 28.7 Å². The molecule has 0 saturated carbocycles. The topological polar surface area (TPSA) is 60.6 Å². The van der Waals surface area contributed by atoms with E-state index in [1.165, 1.54) is 4.88 Å². The molecule has 0 fully saturated rings. The summed E-state index contributed by atoms with van der Waals surface area (Å²) in [6.45, 7) is 2.04. The summed E-state index contributed by atoms with van der Waals surface area (Å²) in [6, 6.07) is 14.3. The number of benzene rings is 1. The van der Waals surface area contributed by atoms with E-state index in [9.17, 15) is 0 Å². The molecule has 0 radical (unpaired) electrons. The quantitative estimate of drug-likeness (QED) is 0.536. The van der Waals surface area contributed by atoms with Crippen LogP contribution in [0.4, 0.5) is 11.8 Å². The molecule has 1 N–H and O–H groups in total. The van der Waals surface area contributed by atoms with Crippen molar-refractivity contribution in [3.8, 4) is 5.69 Å². The molecule has 118 valence electrons. The van der Waals surface area contributed by atoms with Gasteiger partial charge in [-0.3, -0.25) is 0 Å². The number of fused-ring (bicyclic) bond motifs is 2. The lowest BCUT2D eigenvalue weighted by Gasteiger charge is -2.25. The van der Waals surface area contributed by atoms with Crippen LogP contribution in [-0.4, -0.2) is 24.5 Å². The Bertz CT molecular complexity index is 999. The summed E-state index contributed by atoms with van der Waals surface area (Å²) in [5.74, 6) is 1.69. The maximum atomic E-state index is 4.78. The van der Waals surface area contributed by atoms with Crippen LogP contribution in [0.5, 0.6) is 0 Å². The van der Waals surface area contributed by atoms with Crippen molar-refractivity contribution in [1.29, 1.82) is 0 Å². The Labute approximate surface area is 142 Å². The predicted octanol–water partition coefficient (Wildman–Crippen LogP) is 3.53. The van der Waals surface area contributed by atoms with E-state index in [2.05, 4.69) is 32.9 Å². The second-order valence-corrected chi connectivity index (χ2v) is 6.65. The largest absolute Gasteiger partial charge is 0.309 e. The van der Waals surface area contributed by atoms with Crippen molar-refractivity contribution in [3.05, 3.63) is 70.3 Å². The van der Waals surface area contributed by atoms with Gasteiger partial charge in [0.05, 0.1) is 11.4 Å². The van der Waals surface area contributed by atoms with E-state index >= 15 is 0 Å². The Balaban J connectivity index is 1.77. The molecule has 24 heavy (non-hydrogen) atoms. The van der Waals surface area contributed by atoms with Gasteiger partial charge in [-0.05, 0) is 30.5 Å². The molecule has 0 aliphatic carbocycles. The molecule has 4 heterocycles. The highest BCUT2D eigenvalue weighted by molar-refractivity contribution is 7.10. The summed E-state index contributed by atoms with van der Waals surface area (Å²) in [5, 5.41) is 14.7. The normalized spacial score (nSPS) is 15.6. The van der Waals surface area contributed by atoms with Crippen molar-refractivity contribution in [1.82, 2.24) is 24.5 Å². The summed E-state index contributed by atoms with van der Waals surface area (Å²) in [7, 11) is 0. The standard InChI is InChI=1S/C17H14N6S/c1-11-14-15(13-8-5-9-24-13)23-17(18-10-19-23)20-16(14)22(21-11)12-6-3-2-4-7-12/h2-10,15H,1H3,(H,18,19,20). The van der Waals surface area contributed by atoms with Gasteiger partial charge in [-0.15, -0.1) is 11.3 Å². The van der Waals surface area contributed by atoms with Crippen molar-refractivity contribution in [2.45, 2.75) is 13.0 Å². The highest BCUT2D eigenvalue weighted by Crippen LogP contribution is 2.42. The zero-order valence-corrected chi connectivity index (χ0v) is 13.7. The molecule has 1 atom stereocenters. The third kappa shape index (κ3) is 1.85. The molecule has 1 aliphatic heterocycles. The fourth-order valence-corrected chi connectivity index (χ4v) is 4.03. The second-order valence-electron chi connectivity index (χ2n) is 5.67. The lowest BCUT2D eigenvalue weighted by Crippen LogP contribution is -2.22. The molecule has 1 aliphatic rings. The number of aromatic nitrogens is 5. The first-order chi connectivity index (χ1) is 11.8. The minimum absolute atomic E-state index is 0.00351. The van der Waals surface area contributed by atoms with Gasteiger partial charge in [0, 0.05) is 10.4 Å². The Kier molecular flexibility index (Phi) is 2.83. The van der Waals surface area contributed by atoms with Gasteiger partial charge in [-0.1, -0.05) is 24.3 Å². The minimum Gasteiger partial charge on any atom is -0.309 e. The molecular weight excluding hydrogens is 320 g/mol. The number of para-hydroxylation sites is 1.